The molecule has 2 rings (SSSR count). The molecule has 2 nitrogen and oxygen atoms in total. The average molecular weight is 347 g/mol. The Kier molecular flexibility index (Phi) is 4.56. The van der Waals surface area contributed by atoms with Crippen LogP contribution in [-0.4, -0.2) is 5.11 Å². The van der Waals surface area contributed by atoms with Gasteiger partial charge in [-0.3, -0.25) is 0 Å². The van der Waals surface area contributed by atoms with Crippen LogP contribution < -0.4 is 5.73 Å². The van der Waals surface area contributed by atoms with E-state index in [9.17, 15) is 18.3 Å². The minimum Gasteiger partial charge on any atom is -0.506 e. The fraction of sp³-hybridized carbons (Fsp3) is 0.455. The second kappa shape index (κ2) is 5.27. The largest absolute Gasteiger partial charge is 0.506 e. The van der Waals surface area contributed by atoms with Gasteiger partial charge in [0.2, 0.25) is 0 Å². The first-order valence-corrected chi connectivity index (χ1v) is 5.96. The number of phenols is 1. The van der Waals surface area contributed by atoms with Crippen molar-refractivity contribution in [3.05, 3.63) is 27.7 Å². The van der Waals surface area contributed by atoms with Crippen LogP contribution in [0.1, 0.15) is 30.0 Å². The van der Waals surface area contributed by atoms with Crippen LogP contribution in [0, 0.1) is 5.92 Å². The molecule has 0 aliphatic heterocycles. The van der Waals surface area contributed by atoms with Gasteiger partial charge >= 0.3 is 6.18 Å². The van der Waals surface area contributed by atoms with Crippen molar-refractivity contribution in [2.75, 3.05) is 0 Å². The summed E-state index contributed by atoms with van der Waals surface area (Å²) in [4.78, 5) is 0. The van der Waals surface area contributed by atoms with Gasteiger partial charge in [-0.05, 0) is 46.8 Å². The predicted molar refractivity (Wildman–Crippen MR) is 67.7 cm³/mol. The summed E-state index contributed by atoms with van der Waals surface area (Å²) >= 11 is 3.01. The standard InChI is InChI=1S/C11H11BrF3NO.ClH/c12-7-4-3-6(11(13,14)15)8(10(7)17)9(16)5-1-2-5;/h3-5,9,17H,1-2,16H2;1H/t9-;/m1./s1. The first kappa shape index (κ1) is 15.6. The Morgan fingerprint density at radius 3 is 2.33 bits per heavy atom. The zero-order valence-corrected chi connectivity index (χ0v) is 11.6. The van der Waals surface area contributed by atoms with E-state index in [2.05, 4.69) is 15.9 Å². The normalized spacial score (nSPS) is 17.2. The Hall–Kier alpha value is -0.460. The monoisotopic (exact) mass is 345 g/mol. The fourth-order valence-corrected chi connectivity index (χ4v) is 2.20. The van der Waals surface area contributed by atoms with E-state index in [1.165, 1.54) is 6.07 Å². The van der Waals surface area contributed by atoms with E-state index in [0.717, 1.165) is 18.9 Å². The summed E-state index contributed by atoms with van der Waals surface area (Å²) in [6, 6.07) is 1.37. The van der Waals surface area contributed by atoms with E-state index in [4.69, 9.17) is 5.73 Å². The third-order valence-electron chi connectivity index (χ3n) is 2.94. The van der Waals surface area contributed by atoms with Gasteiger partial charge in [0.05, 0.1) is 10.0 Å². The Morgan fingerprint density at radius 2 is 1.89 bits per heavy atom. The average Bonchev–Trinajstić information content (AvgIpc) is 3.02. The lowest BCUT2D eigenvalue weighted by molar-refractivity contribution is -0.138. The molecule has 1 aliphatic rings. The van der Waals surface area contributed by atoms with E-state index >= 15 is 0 Å². The van der Waals surface area contributed by atoms with E-state index in [0.29, 0.717) is 0 Å². The smallest absolute Gasteiger partial charge is 0.416 e. The van der Waals surface area contributed by atoms with E-state index in [1.807, 2.05) is 0 Å². The molecule has 0 aromatic heterocycles. The number of phenolic OH excluding ortho intramolecular Hbond substituents is 1. The molecular formula is C11H12BrClF3NO. The molecule has 0 saturated heterocycles. The number of rotatable bonds is 2. The molecular weight excluding hydrogens is 334 g/mol. The van der Waals surface area contributed by atoms with Gasteiger partial charge in [-0.25, -0.2) is 0 Å². The molecule has 1 aliphatic carbocycles. The first-order chi connectivity index (χ1) is 7.82. The number of aromatic hydroxyl groups is 1. The van der Waals surface area contributed by atoms with Gasteiger partial charge in [0.25, 0.3) is 0 Å². The second-order valence-corrected chi connectivity index (χ2v) is 5.07. The van der Waals surface area contributed by atoms with Gasteiger partial charge in [0.1, 0.15) is 5.75 Å². The Balaban J connectivity index is 0.00000162. The lowest BCUT2D eigenvalue weighted by Crippen LogP contribution is -2.19. The summed E-state index contributed by atoms with van der Waals surface area (Å²) in [5, 5.41) is 9.76. The van der Waals surface area contributed by atoms with Crippen LogP contribution in [0.25, 0.3) is 0 Å². The maximum atomic E-state index is 12.8. The predicted octanol–water partition coefficient (Wildman–Crippen LogP) is 4.01. The summed E-state index contributed by atoms with van der Waals surface area (Å²) in [6.07, 6.45) is -2.88. The Bertz CT molecular complexity index is 449. The molecule has 0 unspecified atom stereocenters. The lowest BCUT2D eigenvalue weighted by atomic mass is 9.96. The quantitative estimate of drug-likeness (QED) is 0.850. The fourth-order valence-electron chi connectivity index (χ4n) is 1.86. The van der Waals surface area contributed by atoms with E-state index in [-0.39, 0.29) is 28.4 Å². The van der Waals surface area contributed by atoms with Gasteiger partial charge in [0.15, 0.2) is 0 Å². The van der Waals surface area contributed by atoms with Crippen molar-refractivity contribution in [2.45, 2.75) is 25.1 Å². The minimum absolute atomic E-state index is 0. The highest BCUT2D eigenvalue weighted by atomic mass is 79.9. The summed E-state index contributed by atoms with van der Waals surface area (Å²) in [5.41, 5.74) is 4.74. The highest BCUT2D eigenvalue weighted by molar-refractivity contribution is 9.10. The molecule has 1 saturated carbocycles. The van der Waals surface area contributed by atoms with Crippen molar-refractivity contribution in [3.63, 3.8) is 0 Å². The zero-order chi connectivity index (χ0) is 12.8. The SMILES string of the molecule is Cl.N[C@@H](c1c(C(F)(F)F)ccc(Br)c1O)C1CC1. The van der Waals surface area contributed by atoms with Gasteiger partial charge in [-0.2, -0.15) is 13.2 Å². The molecule has 3 N–H and O–H groups in total. The molecule has 102 valence electrons. The van der Waals surface area contributed by atoms with Gasteiger partial charge < -0.3 is 10.8 Å². The van der Waals surface area contributed by atoms with Crippen molar-refractivity contribution in [2.24, 2.45) is 11.7 Å². The van der Waals surface area contributed by atoms with Crippen LogP contribution in [0.4, 0.5) is 13.2 Å². The molecule has 0 spiro atoms. The molecule has 7 heteroatoms. The minimum atomic E-state index is -4.50. The van der Waals surface area contributed by atoms with Crippen molar-refractivity contribution < 1.29 is 18.3 Å². The Morgan fingerprint density at radius 1 is 1.33 bits per heavy atom. The van der Waals surface area contributed by atoms with Crippen molar-refractivity contribution in [3.8, 4) is 5.75 Å². The topological polar surface area (TPSA) is 46.2 Å². The molecule has 1 atom stereocenters. The maximum absolute atomic E-state index is 12.8. The van der Waals surface area contributed by atoms with Crippen LogP contribution in [0.3, 0.4) is 0 Å². The summed E-state index contributed by atoms with van der Waals surface area (Å²) in [6.45, 7) is 0. The van der Waals surface area contributed by atoms with E-state index < -0.39 is 23.5 Å². The second-order valence-electron chi connectivity index (χ2n) is 4.22. The Labute approximate surface area is 117 Å². The number of halogens is 5. The summed E-state index contributed by atoms with van der Waals surface area (Å²) in [5.74, 6) is -0.365. The van der Waals surface area contributed by atoms with Crippen LogP contribution >= 0.6 is 28.3 Å². The van der Waals surface area contributed by atoms with Gasteiger partial charge in [-0.1, -0.05) is 0 Å². The maximum Gasteiger partial charge on any atom is 0.416 e. The van der Waals surface area contributed by atoms with Gasteiger partial charge in [-0.15, -0.1) is 12.4 Å². The molecule has 0 radical (unpaired) electrons. The lowest BCUT2D eigenvalue weighted by Gasteiger charge is -2.20. The highest BCUT2D eigenvalue weighted by Gasteiger charge is 2.40. The van der Waals surface area contributed by atoms with Crippen LogP contribution in [0.15, 0.2) is 16.6 Å². The number of benzene rings is 1. The first-order valence-electron chi connectivity index (χ1n) is 5.16. The van der Waals surface area contributed by atoms with Crippen molar-refractivity contribution in [1.29, 1.82) is 0 Å². The zero-order valence-electron chi connectivity index (χ0n) is 9.17. The molecule has 1 fully saturated rings. The third-order valence-corrected chi connectivity index (χ3v) is 3.58. The third kappa shape index (κ3) is 2.92. The summed E-state index contributed by atoms with van der Waals surface area (Å²) in [7, 11) is 0. The molecule has 0 heterocycles. The number of hydrogen-bond acceptors (Lipinski definition) is 2. The van der Waals surface area contributed by atoms with Gasteiger partial charge in [0, 0.05) is 11.6 Å². The summed E-state index contributed by atoms with van der Waals surface area (Å²) < 4.78 is 38.7. The number of alkyl halides is 3. The van der Waals surface area contributed by atoms with Crippen molar-refractivity contribution >= 4 is 28.3 Å². The van der Waals surface area contributed by atoms with Crippen LogP contribution in [0.5, 0.6) is 5.75 Å². The van der Waals surface area contributed by atoms with E-state index in [1.54, 1.807) is 0 Å². The van der Waals surface area contributed by atoms with Crippen molar-refractivity contribution in [1.82, 2.24) is 0 Å². The molecule has 1 aromatic carbocycles. The van der Waals surface area contributed by atoms with Crippen LogP contribution in [0.2, 0.25) is 0 Å². The molecule has 18 heavy (non-hydrogen) atoms. The number of nitrogens with two attached hydrogens (primary N) is 1. The molecule has 0 bridgehead atoms. The van der Waals surface area contributed by atoms with Crippen LogP contribution in [-0.2, 0) is 6.18 Å². The highest BCUT2D eigenvalue weighted by Crippen LogP contribution is 2.48. The number of hydrogen-bond donors (Lipinski definition) is 2. The molecule has 1 aromatic rings. The molecule has 0 amide bonds.